The van der Waals surface area contributed by atoms with E-state index in [1.165, 1.54) is 11.1 Å². The van der Waals surface area contributed by atoms with Crippen LogP contribution in [-0.4, -0.2) is 15.1 Å². The van der Waals surface area contributed by atoms with Gasteiger partial charge in [0.05, 0.1) is 6.07 Å². The number of aryl methyl sites for hydroxylation is 3. The molecule has 4 heteroatoms. The van der Waals surface area contributed by atoms with Gasteiger partial charge in [-0.1, -0.05) is 31.2 Å². The summed E-state index contributed by atoms with van der Waals surface area (Å²) in [6, 6.07) is 9.45. The minimum atomic E-state index is -0.321. The Morgan fingerprint density at radius 3 is 2.44 bits per heavy atom. The molecule has 0 saturated heterocycles. The van der Waals surface area contributed by atoms with Gasteiger partial charge in [-0.15, -0.1) is 0 Å². The topological polar surface area (TPSA) is 66.0 Å². The van der Waals surface area contributed by atoms with E-state index in [1.54, 1.807) is 0 Å². The number of hydrogen-bond donors (Lipinski definition) is 2. The van der Waals surface area contributed by atoms with Gasteiger partial charge in [-0.3, -0.25) is 4.79 Å². The van der Waals surface area contributed by atoms with Crippen molar-refractivity contribution in [2.75, 3.05) is 0 Å². The van der Waals surface area contributed by atoms with E-state index in [0.29, 0.717) is 12.2 Å². The molecule has 0 bridgehead atoms. The molecule has 0 saturated carbocycles. The van der Waals surface area contributed by atoms with Gasteiger partial charge in [0.2, 0.25) is 5.88 Å². The lowest BCUT2D eigenvalue weighted by atomic mass is 10.1. The summed E-state index contributed by atoms with van der Waals surface area (Å²) >= 11 is 0. The van der Waals surface area contributed by atoms with E-state index in [1.807, 2.05) is 0 Å². The molecule has 4 nitrogen and oxygen atoms in total. The van der Waals surface area contributed by atoms with Crippen LogP contribution < -0.4 is 5.56 Å². The Morgan fingerprint density at radius 2 is 1.83 bits per heavy atom. The predicted octanol–water partition coefficient (Wildman–Crippen LogP) is 1.82. The Morgan fingerprint density at radius 1 is 1.17 bits per heavy atom. The maximum atomic E-state index is 11.2. The zero-order valence-corrected chi connectivity index (χ0v) is 10.3. The summed E-state index contributed by atoms with van der Waals surface area (Å²) in [4.78, 5) is 17.6. The maximum Gasteiger partial charge on any atom is 0.254 e. The minimum absolute atomic E-state index is 0.227. The summed E-state index contributed by atoms with van der Waals surface area (Å²) in [7, 11) is 0. The molecule has 0 aliphatic heterocycles. The molecule has 94 valence electrons. The lowest BCUT2D eigenvalue weighted by Gasteiger charge is -2.03. The highest BCUT2D eigenvalue weighted by Gasteiger charge is 2.01. The van der Waals surface area contributed by atoms with Crippen molar-refractivity contribution in [1.82, 2.24) is 9.97 Å². The summed E-state index contributed by atoms with van der Waals surface area (Å²) in [5.74, 6) is 0.287. The van der Waals surface area contributed by atoms with Gasteiger partial charge in [-0.2, -0.15) is 0 Å². The Labute approximate surface area is 105 Å². The summed E-state index contributed by atoms with van der Waals surface area (Å²) in [5.41, 5.74) is 2.18. The number of benzene rings is 1. The van der Waals surface area contributed by atoms with Crippen LogP contribution in [0.1, 0.15) is 23.9 Å². The molecule has 1 heterocycles. The van der Waals surface area contributed by atoms with Gasteiger partial charge in [-0.05, 0) is 24.0 Å². The molecule has 0 radical (unpaired) electrons. The van der Waals surface area contributed by atoms with Gasteiger partial charge < -0.3 is 10.1 Å². The quantitative estimate of drug-likeness (QED) is 0.862. The molecule has 2 rings (SSSR count). The third-order valence-electron chi connectivity index (χ3n) is 2.86. The summed E-state index contributed by atoms with van der Waals surface area (Å²) in [5, 5.41) is 9.23. The van der Waals surface area contributed by atoms with Crippen LogP contribution in [0.25, 0.3) is 0 Å². The van der Waals surface area contributed by atoms with Crippen LogP contribution in [0.4, 0.5) is 0 Å². The van der Waals surface area contributed by atoms with E-state index in [4.69, 9.17) is 0 Å². The molecule has 0 aliphatic carbocycles. The molecule has 0 fully saturated rings. The van der Waals surface area contributed by atoms with Crippen molar-refractivity contribution in [2.45, 2.75) is 26.2 Å². The van der Waals surface area contributed by atoms with Crippen LogP contribution in [-0.2, 0) is 19.3 Å². The first-order chi connectivity index (χ1) is 8.67. The van der Waals surface area contributed by atoms with Crippen molar-refractivity contribution < 1.29 is 5.11 Å². The number of hydrogen-bond acceptors (Lipinski definition) is 3. The minimum Gasteiger partial charge on any atom is -0.493 e. The largest absolute Gasteiger partial charge is 0.493 e. The molecule has 18 heavy (non-hydrogen) atoms. The molecular formula is C14H16N2O2. The van der Waals surface area contributed by atoms with Gasteiger partial charge in [0.15, 0.2) is 0 Å². The van der Waals surface area contributed by atoms with E-state index in [-0.39, 0.29) is 11.4 Å². The molecule has 0 atom stereocenters. The molecule has 0 aliphatic rings. The maximum absolute atomic E-state index is 11.2. The van der Waals surface area contributed by atoms with Gasteiger partial charge in [-0.25, -0.2) is 4.98 Å². The second-order valence-electron chi connectivity index (χ2n) is 4.22. The van der Waals surface area contributed by atoms with Crippen molar-refractivity contribution in [1.29, 1.82) is 0 Å². The van der Waals surface area contributed by atoms with Crippen molar-refractivity contribution in [2.24, 2.45) is 0 Å². The number of aromatic amines is 1. The Kier molecular flexibility index (Phi) is 3.77. The van der Waals surface area contributed by atoms with Crippen molar-refractivity contribution in [3.63, 3.8) is 0 Å². The number of rotatable bonds is 4. The van der Waals surface area contributed by atoms with E-state index >= 15 is 0 Å². The average molecular weight is 244 g/mol. The highest BCUT2D eigenvalue weighted by Crippen LogP contribution is 2.08. The van der Waals surface area contributed by atoms with Crippen molar-refractivity contribution in [3.05, 3.63) is 57.6 Å². The van der Waals surface area contributed by atoms with E-state index in [0.717, 1.165) is 18.9 Å². The predicted molar refractivity (Wildman–Crippen MR) is 69.8 cm³/mol. The Hall–Kier alpha value is -2.10. The monoisotopic (exact) mass is 244 g/mol. The number of nitrogens with one attached hydrogen (secondary N) is 1. The number of aromatic nitrogens is 2. The van der Waals surface area contributed by atoms with Gasteiger partial charge >= 0.3 is 0 Å². The average Bonchev–Trinajstić information content (AvgIpc) is 2.36. The first-order valence-corrected chi connectivity index (χ1v) is 6.04. The lowest BCUT2D eigenvalue weighted by molar-refractivity contribution is 0.447. The van der Waals surface area contributed by atoms with E-state index in [9.17, 15) is 9.90 Å². The Bertz CT molecular complexity index is 573. The van der Waals surface area contributed by atoms with Crippen LogP contribution in [0.15, 0.2) is 35.1 Å². The molecule has 1 aromatic carbocycles. The fourth-order valence-electron chi connectivity index (χ4n) is 1.82. The molecule has 1 aromatic heterocycles. The van der Waals surface area contributed by atoms with Crippen molar-refractivity contribution in [3.8, 4) is 5.88 Å². The number of nitrogens with zero attached hydrogens (tertiary/aromatic N) is 1. The zero-order valence-electron chi connectivity index (χ0n) is 10.3. The zero-order chi connectivity index (χ0) is 13.0. The number of H-pyrrole nitrogens is 1. The first-order valence-electron chi connectivity index (χ1n) is 6.04. The third-order valence-corrected chi connectivity index (χ3v) is 2.86. The molecule has 2 N–H and O–H groups in total. The summed E-state index contributed by atoms with van der Waals surface area (Å²) in [6.45, 7) is 2.12. The van der Waals surface area contributed by atoms with Crippen LogP contribution in [0.5, 0.6) is 5.88 Å². The smallest absolute Gasteiger partial charge is 0.254 e. The van der Waals surface area contributed by atoms with Crippen molar-refractivity contribution >= 4 is 0 Å². The van der Waals surface area contributed by atoms with E-state index in [2.05, 4.69) is 41.2 Å². The van der Waals surface area contributed by atoms with Gasteiger partial charge in [0.25, 0.3) is 5.56 Å². The summed E-state index contributed by atoms with van der Waals surface area (Å²) < 4.78 is 0. The normalized spacial score (nSPS) is 10.5. The SMILES string of the molecule is CCc1ccc(CCc2nc(O)cc(=O)[nH]2)cc1. The van der Waals surface area contributed by atoms with Crippen LogP contribution in [0.3, 0.4) is 0 Å². The highest BCUT2D eigenvalue weighted by molar-refractivity contribution is 5.23. The van der Waals surface area contributed by atoms with Crippen LogP contribution >= 0.6 is 0 Å². The Balaban J connectivity index is 2.04. The molecule has 2 aromatic rings. The highest BCUT2D eigenvalue weighted by atomic mass is 16.3. The van der Waals surface area contributed by atoms with Gasteiger partial charge in [0.1, 0.15) is 5.82 Å². The molecule has 0 unspecified atom stereocenters. The second-order valence-corrected chi connectivity index (χ2v) is 4.22. The molecular weight excluding hydrogens is 228 g/mol. The third kappa shape index (κ3) is 3.20. The van der Waals surface area contributed by atoms with Crippen LogP contribution in [0, 0.1) is 0 Å². The summed E-state index contributed by atoms with van der Waals surface area (Å²) in [6.07, 6.45) is 2.42. The standard InChI is InChI=1S/C14H16N2O2/c1-2-10-3-5-11(6-4-10)7-8-12-15-13(17)9-14(18)16-12/h3-6,9H,2,7-8H2,1H3,(H2,15,16,17,18). The van der Waals surface area contributed by atoms with Gasteiger partial charge in [0, 0.05) is 6.42 Å². The molecule has 0 amide bonds. The first kappa shape index (κ1) is 12.4. The van der Waals surface area contributed by atoms with E-state index < -0.39 is 0 Å². The fraction of sp³-hybridized carbons (Fsp3) is 0.286. The number of aromatic hydroxyl groups is 1. The van der Waals surface area contributed by atoms with Crippen LogP contribution in [0.2, 0.25) is 0 Å². The fourth-order valence-corrected chi connectivity index (χ4v) is 1.82. The second kappa shape index (κ2) is 5.49. The lowest BCUT2D eigenvalue weighted by Crippen LogP contribution is -2.10. The molecule has 0 spiro atoms.